The minimum absolute atomic E-state index is 0.00605. The Bertz CT molecular complexity index is 1710. The van der Waals surface area contributed by atoms with Gasteiger partial charge in [0.15, 0.2) is 12.2 Å². The van der Waals surface area contributed by atoms with Crippen molar-refractivity contribution >= 4 is 43.9 Å². The van der Waals surface area contributed by atoms with Crippen molar-refractivity contribution in [2.75, 3.05) is 52.6 Å². The van der Waals surface area contributed by atoms with Crippen LogP contribution in [-0.2, 0) is 61.2 Å². The Balaban J connectivity index is 2.07. The molecule has 2 unspecified atom stereocenters. The van der Waals surface area contributed by atoms with Crippen molar-refractivity contribution in [3.63, 3.8) is 0 Å². The van der Waals surface area contributed by atoms with Gasteiger partial charge in [0.25, 0.3) is 0 Å². The van der Waals surface area contributed by atoms with Gasteiger partial charge in [-0.05, 0) is 91.9 Å². The molecule has 19 heteroatoms. The molecule has 2 saturated carbocycles. The van der Waals surface area contributed by atoms with Crippen LogP contribution in [0.25, 0.3) is 0 Å². The number of carbonyl (C=O) groups is 6. The van der Waals surface area contributed by atoms with Gasteiger partial charge in [-0.1, -0.05) is 142 Å². The molecule has 2 aliphatic carbocycles. The van der Waals surface area contributed by atoms with E-state index in [0.29, 0.717) is 31.8 Å². The van der Waals surface area contributed by atoms with E-state index in [1.54, 1.807) is 41.5 Å². The number of carbonyl (C=O) groups excluding carboxylic acids is 6. The summed E-state index contributed by atoms with van der Waals surface area (Å²) in [6.45, 7) is 13.3. The van der Waals surface area contributed by atoms with Crippen molar-refractivity contribution in [3.8, 4) is 0 Å². The number of ether oxygens (including phenoxy) is 6. The maximum Gasteiger partial charge on any atom is 0.472 e. The summed E-state index contributed by atoms with van der Waals surface area (Å²) in [5, 5.41) is 0. The molecule has 0 spiro atoms. The lowest BCUT2D eigenvalue weighted by molar-refractivity contribution is -0.162. The molecule has 0 saturated heterocycles. The standard InChI is InChI=1S/C58H105N2O16P/c1-9-11-13-15-17-19-21-23-25-27-29-31-51(61)69-43-49(73-53(63)32-30-28-26-24-22-20-18-16-14-12-10-2)45-71-77(67,68)72-46-50(74-54(64)38-40-60(42-48-35-36-48)56(66)76-58(6,7)8)44-70-52(62)37-39-59(41-47-33-34-47)55(65)75-57(3,4)5/h47-50H,9-46H2,1-8H3,(H,67,68)/t49-,50?/m1/s1. The molecule has 0 aromatic rings. The van der Waals surface area contributed by atoms with Crippen LogP contribution in [0.15, 0.2) is 0 Å². The Labute approximate surface area is 463 Å². The average molecular weight is 1120 g/mol. The van der Waals surface area contributed by atoms with Gasteiger partial charge in [0.05, 0.1) is 26.1 Å². The third-order valence-electron chi connectivity index (χ3n) is 13.1. The summed E-state index contributed by atoms with van der Waals surface area (Å²) in [5.74, 6) is -2.01. The van der Waals surface area contributed by atoms with Crippen LogP contribution in [0.3, 0.4) is 0 Å². The zero-order valence-corrected chi connectivity index (χ0v) is 50.0. The van der Waals surface area contributed by atoms with E-state index in [9.17, 15) is 38.2 Å². The molecule has 2 fully saturated rings. The summed E-state index contributed by atoms with van der Waals surface area (Å²) in [6.07, 6.45) is 24.4. The second kappa shape index (κ2) is 39.8. The van der Waals surface area contributed by atoms with Gasteiger partial charge in [0.2, 0.25) is 0 Å². The molecule has 448 valence electrons. The largest absolute Gasteiger partial charge is 0.472 e. The molecular weight excluding hydrogens is 1010 g/mol. The number of amides is 2. The zero-order chi connectivity index (χ0) is 57.0. The van der Waals surface area contributed by atoms with E-state index < -0.39 is 93.7 Å². The molecule has 77 heavy (non-hydrogen) atoms. The molecule has 0 aromatic heterocycles. The monoisotopic (exact) mass is 1120 g/mol. The average Bonchev–Trinajstić information content (AvgIpc) is 4.31. The van der Waals surface area contributed by atoms with Crippen molar-refractivity contribution in [2.24, 2.45) is 11.8 Å². The highest BCUT2D eigenvalue weighted by Crippen LogP contribution is 2.43. The van der Waals surface area contributed by atoms with Gasteiger partial charge in [-0.15, -0.1) is 0 Å². The Kier molecular flexibility index (Phi) is 36.0. The fourth-order valence-electron chi connectivity index (χ4n) is 8.34. The molecule has 2 rings (SSSR count). The molecule has 18 nitrogen and oxygen atoms in total. The molecule has 2 amide bonds. The number of nitrogens with zero attached hydrogens (tertiary/aromatic N) is 2. The molecule has 1 N–H and O–H groups in total. The Hall–Kier alpha value is -3.47. The lowest BCUT2D eigenvalue weighted by Crippen LogP contribution is -2.40. The van der Waals surface area contributed by atoms with Gasteiger partial charge in [-0.2, -0.15) is 0 Å². The van der Waals surface area contributed by atoms with E-state index in [0.717, 1.165) is 70.6 Å². The van der Waals surface area contributed by atoms with Crippen LogP contribution in [0, 0.1) is 11.8 Å². The highest BCUT2D eigenvalue weighted by atomic mass is 31.2. The van der Waals surface area contributed by atoms with E-state index >= 15 is 0 Å². The Morgan fingerprint density at radius 3 is 1.09 bits per heavy atom. The van der Waals surface area contributed by atoms with Crippen LogP contribution in [-0.4, -0.2) is 127 Å². The zero-order valence-electron chi connectivity index (χ0n) is 49.1. The van der Waals surface area contributed by atoms with E-state index in [1.807, 2.05) is 0 Å². The number of phosphoric acid groups is 1. The van der Waals surface area contributed by atoms with E-state index in [-0.39, 0.29) is 44.7 Å². The van der Waals surface area contributed by atoms with Crippen molar-refractivity contribution in [2.45, 2.75) is 271 Å². The highest BCUT2D eigenvalue weighted by molar-refractivity contribution is 7.47. The first kappa shape index (κ1) is 69.6. The number of rotatable bonds is 46. The molecule has 0 aromatic carbocycles. The SMILES string of the molecule is CCCCCCCCCCCCCC(=O)OC[C@H](COP(=O)(O)OCC(COC(=O)CCN(CC1CC1)C(=O)OC(C)(C)C)OC(=O)CCN(CC1CC1)C(=O)OC(C)(C)C)OC(=O)CCCCCCCCCCCCC. The summed E-state index contributed by atoms with van der Waals surface area (Å²) in [5.41, 5.74) is -1.51. The van der Waals surface area contributed by atoms with Crippen LogP contribution >= 0.6 is 7.82 Å². The normalized spacial score (nSPS) is 15.2. The maximum atomic E-state index is 13.4. The molecule has 0 bridgehead atoms. The van der Waals surface area contributed by atoms with E-state index in [4.69, 9.17) is 37.5 Å². The topological polar surface area (TPSA) is 220 Å². The molecule has 0 aliphatic heterocycles. The van der Waals surface area contributed by atoms with Crippen LogP contribution < -0.4 is 0 Å². The fourth-order valence-corrected chi connectivity index (χ4v) is 9.12. The van der Waals surface area contributed by atoms with Crippen molar-refractivity contribution < 1.29 is 75.7 Å². The van der Waals surface area contributed by atoms with E-state index in [1.165, 1.54) is 93.3 Å². The third-order valence-corrected chi connectivity index (χ3v) is 14.0. The summed E-state index contributed by atoms with van der Waals surface area (Å²) in [7, 11) is -5.00. The van der Waals surface area contributed by atoms with Gasteiger partial charge in [0.1, 0.15) is 24.4 Å². The van der Waals surface area contributed by atoms with Crippen molar-refractivity contribution in [3.05, 3.63) is 0 Å². The predicted octanol–water partition coefficient (Wildman–Crippen LogP) is 13.5. The number of hydrogen-bond donors (Lipinski definition) is 1. The fraction of sp³-hybridized carbons (Fsp3) is 0.897. The quantitative estimate of drug-likeness (QED) is 0.0259. The number of unbranched alkanes of at least 4 members (excludes halogenated alkanes) is 20. The van der Waals surface area contributed by atoms with Gasteiger partial charge in [0, 0.05) is 39.0 Å². The Morgan fingerprint density at radius 1 is 0.455 bits per heavy atom. The van der Waals surface area contributed by atoms with Crippen molar-refractivity contribution in [1.29, 1.82) is 0 Å². The van der Waals surface area contributed by atoms with Crippen LogP contribution in [0.1, 0.15) is 248 Å². The maximum absolute atomic E-state index is 13.4. The second-order valence-corrected chi connectivity index (χ2v) is 24.9. The summed E-state index contributed by atoms with van der Waals surface area (Å²) in [4.78, 5) is 92.2. The van der Waals surface area contributed by atoms with Crippen LogP contribution in [0.4, 0.5) is 9.59 Å². The number of esters is 4. The van der Waals surface area contributed by atoms with Crippen LogP contribution in [0.2, 0.25) is 0 Å². The van der Waals surface area contributed by atoms with Gasteiger partial charge >= 0.3 is 43.9 Å². The highest BCUT2D eigenvalue weighted by Gasteiger charge is 2.33. The summed E-state index contributed by atoms with van der Waals surface area (Å²) >= 11 is 0. The minimum Gasteiger partial charge on any atom is -0.462 e. The van der Waals surface area contributed by atoms with E-state index in [2.05, 4.69) is 13.8 Å². The summed E-state index contributed by atoms with van der Waals surface area (Å²) < 4.78 is 57.4. The third kappa shape index (κ3) is 40.4. The van der Waals surface area contributed by atoms with Gasteiger partial charge in [-0.25, -0.2) is 14.2 Å². The first-order valence-electron chi connectivity index (χ1n) is 29.9. The van der Waals surface area contributed by atoms with Gasteiger partial charge in [-0.3, -0.25) is 28.2 Å². The Morgan fingerprint density at radius 2 is 0.753 bits per heavy atom. The smallest absolute Gasteiger partial charge is 0.462 e. The molecule has 0 heterocycles. The van der Waals surface area contributed by atoms with Crippen molar-refractivity contribution in [1.82, 2.24) is 9.80 Å². The first-order chi connectivity index (χ1) is 36.6. The van der Waals surface area contributed by atoms with Crippen LogP contribution in [0.5, 0.6) is 0 Å². The molecule has 2 aliphatic rings. The molecule has 3 atom stereocenters. The second-order valence-electron chi connectivity index (χ2n) is 23.5. The first-order valence-corrected chi connectivity index (χ1v) is 31.4. The molecule has 0 radical (unpaired) electrons. The predicted molar refractivity (Wildman–Crippen MR) is 296 cm³/mol. The minimum atomic E-state index is -5.00. The lowest BCUT2D eigenvalue weighted by Gasteiger charge is -2.27. The molecular formula is C58H105N2O16P. The summed E-state index contributed by atoms with van der Waals surface area (Å²) in [6, 6.07) is 0. The lowest BCUT2D eigenvalue weighted by atomic mass is 10.1. The number of hydrogen-bond acceptors (Lipinski definition) is 15. The van der Waals surface area contributed by atoms with Gasteiger partial charge < -0.3 is 43.1 Å². The number of phosphoric ester groups is 1.